The minimum absolute atomic E-state index is 0. The summed E-state index contributed by atoms with van der Waals surface area (Å²) in [4.78, 5) is 37.0. The van der Waals surface area contributed by atoms with Gasteiger partial charge in [0.25, 0.3) is 0 Å². The standard InChI is InChI=1S/C32H26FN5O2.ClH/c1-20-35-28-17-34-15-14-29(28)37(20)18-21-4-6-23(7-5-21)31(39)27-19-38(32(40)36(2)3)30-16-24(10-13-26(27)30)22-8-11-25(33)12-9-22;/h4-17,19H,18H2,1-3H3;1H. The lowest BCUT2D eigenvalue weighted by Gasteiger charge is -2.12. The van der Waals surface area contributed by atoms with Crippen molar-refractivity contribution in [2.45, 2.75) is 13.5 Å². The SMILES string of the molecule is Cc1nc2cnccc2n1Cc1ccc(C(=O)c2cn(C(=O)N(C)C)c3cc(-c4ccc(F)cc4)ccc23)cc1.Cl. The highest BCUT2D eigenvalue weighted by Crippen LogP contribution is 2.30. The molecular weight excluding hydrogens is 541 g/mol. The molecule has 9 heteroatoms. The number of aryl methyl sites for hydroxylation is 1. The van der Waals surface area contributed by atoms with Gasteiger partial charge in [0.05, 0.1) is 17.2 Å². The average molecular weight is 568 g/mol. The molecule has 0 atom stereocenters. The number of carbonyl (C=O) groups excluding carboxylic acids is 2. The van der Waals surface area contributed by atoms with Gasteiger partial charge in [0.2, 0.25) is 0 Å². The fraction of sp³-hybridized carbons (Fsp3) is 0.125. The molecule has 206 valence electrons. The Hall–Kier alpha value is -4.82. The minimum Gasteiger partial charge on any atom is -0.330 e. The van der Waals surface area contributed by atoms with Crippen LogP contribution in [0.5, 0.6) is 0 Å². The van der Waals surface area contributed by atoms with Gasteiger partial charge >= 0.3 is 6.03 Å². The van der Waals surface area contributed by atoms with Crippen molar-refractivity contribution in [1.29, 1.82) is 0 Å². The Bertz CT molecular complexity index is 1910. The summed E-state index contributed by atoms with van der Waals surface area (Å²) in [6.07, 6.45) is 5.11. The zero-order valence-electron chi connectivity index (χ0n) is 22.7. The average Bonchev–Trinajstić information content (AvgIpc) is 3.50. The number of pyridine rings is 1. The summed E-state index contributed by atoms with van der Waals surface area (Å²) in [6, 6.07) is 21.0. The van der Waals surface area contributed by atoms with Crippen LogP contribution in [-0.4, -0.2) is 49.9 Å². The number of amides is 1. The number of halogens is 2. The van der Waals surface area contributed by atoms with E-state index in [2.05, 4.69) is 14.5 Å². The molecule has 3 heterocycles. The van der Waals surface area contributed by atoms with Crippen molar-refractivity contribution < 1.29 is 14.0 Å². The molecule has 0 N–H and O–H groups in total. The van der Waals surface area contributed by atoms with Crippen molar-refractivity contribution in [3.63, 3.8) is 0 Å². The second kappa shape index (κ2) is 11.0. The Labute approximate surface area is 242 Å². The number of rotatable bonds is 5. The second-order valence-electron chi connectivity index (χ2n) is 9.96. The Balaban J connectivity index is 0.00000337. The highest BCUT2D eigenvalue weighted by atomic mass is 35.5. The quantitative estimate of drug-likeness (QED) is 0.216. The molecule has 0 saturated carbocycles. The number of ketones is 1. The van der Waals surface area contributed by atoms with Crippen LogP contribution in [0.3, 0.4) is 0 Å². The van der Waals surface area contributed by atoms with Crippen LogP contribution >= 0.6 is 12.4 Å². The molecule has 0 radical (unpaired) electrons. The molecule has 6 rings (SSSR count). The van der Waals surface area contributed by atoms with Crippen LogP contribution in [0, 0.1) is 12.7 Å². The van der Waals surface area contributed by atoms with Crippen LogP contribution in [0.15, 0.2) is 91.4 Å². The first kappa shape index (κ1) is 27.7. The third-order valence-electron chi connectivity index (χ3n) is 7.11. The van der Waals surface area contributed by atoms with E-state index in [-0.39, 0.29) is 30.0 Å². The molecule has 0 unspecified atom stereocenters. The predicted molar refractivity (Wildman–Crippen MR) is 160 cm³/mol. The zero-order chi connectivity index (χ0) is 28.0. The van der Waals surface area contributed by atoms with Gasteiger partial charge in [-0.1, -0.05) is 48.5 Å². The summed E-state index contributed by atoms with van der Waals surface area (Å²) < 4.78 is 17.1. The zero-order valence-corrected chi connectivity index (χ0v) is 23.5. The maximum Gasteiger partial charge on any atom is 0.328 e. The topological polar surface area (TPSA) is 73.0 Å². The minimum atomic E-state index is -0.319. The Morgan fingerprint density at radius 3 is 2.32 bits per heavy atom. The predicted octanol–water partition coefficient (Wildman–Crippen LogP) is 6.73. The van der Waals surface area contributed by atoms with E-state index in [0.29, 0.717) is 28.6 Å². The van der Waals surface area contributed by atoms with Crippen molar-refractivity contribution >= 4 is 46.2 Å². The lowest BCUT2D eigenvalue weighted by Crippen LogP contribution is -2.26. The summed E-state index contributed by atoms with van der Waals surface area (Å²) in [5.74, 6) is 0.397. The van der Waals surface area contributed by atoms with Gasteiger partial charge < -0.3 is 9.47 Å². The van der Waals surface area contributed by atoms with Crippen molar-refractivity contribution in [1.82, 2.24) is 24.0 Å². The molecule has 1 amide bonds. The third kappa shape index (κ3) is 5.10. The molecule has 7 nitrogen and oxygen atoms in total. The lowest BCUT2D eigenvalue weighted by atomic mass is 9.99. The number of hydrogen-bond acceptors (Lipinski definition) is 4. The van der Waals surface area contributed by atoms with E-state index < -0.39 is 0 Å². The van der Waals surface area contributed by atoms with Gasteiger partial charge in [-0.25, -0.2) is 14.2 Å². The molecule has 0 aliphatic carbocycles. The molecule has 3 aromatic heterocycles. The molecule has 0 bridgehead atoms. The highest BCUT2D eigenvalue weighted by molar-refractivity contribution is 6.17. The van der Waals surface area contributed by atoms with Crippen LogP contribution in [-0.2, 0) is 6.54 Å². The van der Waals surface area contributed by atoms with E-state index in [9.17, 15) is 14.0 Å². The van der Waals surface area contributed by atoms with E-state index in [1.165, 1.54) is 21.6 Å². The first-order valence-corrected chi connectivity index (χ1v) is 12.8. The van der Waals surface area contributed by atoms with Crippen LogP contribution in [0.2, 0.25) is 0 Å². The van der Waals surface area contributed by atoms with E-state index in [0.717, 1.165) is 33.5 Å². The molecular formula is C32H27ClFN5O2. The first-order chi connectivity index (χ1) is 19.3. The van der Waals surface area contributed by atoms with Gasteiger partial charge in [-0.3, -0.25) is 14.3 Å². The van der Waals surface area contributed by atoms with E-state index in [1.807, 2.05) is 55.5 Å². The van der Waals surface area contributed by atoms with E-state index >= 15 is 0 Å². The molecule has 0 saturated heterocycles. The summed E-state index contributed by atoms with van der Waals surface area (Å²) >= 11 is 0. The normalized spacial score (nSPS) is 11.0. The molecule has 6 aromatic rings. The first-order valence-electron chi connectivity index (χ1n) is 12.8. The fourth-order valence-corrected chi connectivity index (χ4v) is 5.00. The molecule has 3 aromatic carbocycles. The Kier molecular flexibility index (Phi) is 7.43. The second-order valence-corrected chi connectivity index (χ2v) is 9.96. The number of fused-ring (bicyclic) bond motifs is 2. The van der Waals surface area contributed by atoms with Gasteiger partial charge in [-0.05, 0) is 47.9 Å². The summed E-state index contributed by atoms with van der Waals surface area (Å²) in [5.41, 5.74) is 6.09. The van der Waals surface area contributed by atoms with Gasteiger partial charge in [-0.2, -0.15) is 0 Å². The number of aromatic nitrogens is 4. The van der Waals surface area contributed by atoms with Crippen molar-refractivity contribution in [3.05, 3.63) is 120 Å². The summed E-state index contributed by atoms with van der Waals surface area (Å²) in [6.45, 7) is 2.58. The van der Waals surface area contributed by atoms with Crippen molar-refractivity contribution in [2.75, 3.05) is 14.1 Å². The van der Waals surface area contributed by atoms with Gasteiger partial charge in [0, 0.05) is 49.5 Å². The smallest absolute Gasteiger partial charge is 0.328 e. The number of benzene rings is 3. The van der Waals surface area contributed by atoms with Crippen molar-refractivity contribution in [3.8, 4) is 11.1 Å². The fourth-order valence-electron chi connectivity index (χ4n) is 5.00. The summed E-state index contributed by atoms with van der Waals surface area (Å²) in [5, 5.41) is 0.671. The maximum atomic E-state index is 13.7. The van der Waals surface area contributed by atoms with Crippen LogP contribution < -0.4 is 0 Å². The molecule has 0 aliphatic rings. The van der Waals surface area contributed by atoms with Gasteiger partial charge in [0.15, 0.2) is 5.78 Å². The summed E-state index contributed by atoms with van der Waals surface area (Å²) in [7, 11) is 3.33. The Morgan fingerprint density at radius 1 is 0.902 bits per heavy atom. The number of carbonyl (C=O) groups is 2. The highest BCUT2D eigenvalue weighted by Gasteiger charge is 2.21. The largest absolute Gasteiger partial charge is 0.330 e. The third-order valence-corrected chi connectivity index (χ3v) is 7.11. The lowest BCUT2D eigenvalue weighted by molar-refractivity contribution is 0.104. The number of nitrogens with zero attached hydrogens (tertiary/aromatic N) is 5. The van der Waals surface area contributed by atoms with E-state index in [1.54, 1.807) is 44.8 Å². The van der Waals surface area contributed by atoms with Crippen LogP contribution in [0.4, 0.5) is 9.18 Å². The van der Waals surface area contributed by atoms with Gasteiger partial charge in [0.1, 0.15) is 17.2 Å². The molecule has 0 fully saturated rings. The molecule has 41 heavy (non-hydrogen) atoms. The Morgan fingerprint density at radius 2 is 1.61 bits per heavy atom. The van der Waals surface area contributed by atoms with Crippen molar-refractivity contribution in [2.24, 2.45) is 0 Å². The van der Waals surface area contributed by atoms with Gasteiger partial charge in [-0.15, -0.1) is 12.4 Å². The molecule has 0 spiro atoms. The van der Waals surface area contributed by atoms with Crippen LogP contribution in [0.25, 0.3) is 33.1 Å². The maximum absolute atomic E-state index is 13.7. The monoisotopic (exact) mass is 567 g/mol. The number of imidazole rings is 1. The van der Waals surface area contributed by atoms with Crippen LogP contribution in [0.1, 0.15) is 27.3 Å². The molecule has 0 aliphatic heterocycles. The van der Waals surface area contributed by atoms with E-state index in [4.69, 9.17) is 0 Å². The number of hydrogen-bond donors (Lipinski definition) is 0.